The fraction of sp³-hybridized carbons (Fsp3) is 0.458. The summed E-state index contributed by atoms with van der Waals surface area (Å²) in [5.41, 5.74) is 5.07. The van der Waals surface area contributed by atoms with E-state index in [0.717, 1.165) is 28.2 Å². The van der Waals surface area contributed by atoms with Gasteiger partial charge in [-0.2, -0.15) is 10.2 Å². The number of alkyl carbamates (subject to hydrolysis) is 1. The van der Waals surface area contributed by atoms with Gasteiger partial charge in [0.05, 0.1) is 23.1 Å². The molecule has 0 aliphatic heterocycles. The molecule has 0 spiro atoms. The van der Waals surface area contributed by atoms with Crippen LogP contribution in [0.2, 0.25) is 0 Å². The van der Waals surface area contributed by atoms with Gasteiger partial charge in [0, 0.05) is 43.2 Å². The summed E-state index contributed by atoms with van der Waals surface area (Å²) in [6.07, 6.45) is 3.65. The van der Waals surface area contributed by atoms with Crippen LogP contribution < -0.4 is 10.6 Å². The Bertz CT molecular complexity index is 1390. The van der Waals surface area contributed by atoms with E-state index in [9.17, 15) is 4.79 Å². The molecule has 4 aromatic heterocycles. The van der Waals surface area contributed by atoms with Crippen molar-refractivity contribution >= 4 is 23.5 Å². The monoisotopic (exact) mass is 495 g/mol. The number of hydrogen-bond acceptors (Lipinski definition) is 7. The highest BCUT2D eigenvalue weighted by Gasteiger charge is 2.41. The molecule has 4 aromatic rings. The summed E-state index contributed by atoms with van der Waals surface area (Å²) in [5, 5.41) is 17.5. The number of nitrogens with one attached hydrogen (secondary N) is 3. The Balaban J connectivity index is 1.36. The lowest BCUT2D eigenvalue weighted by Crippen LogP contribution is -2.36. The van der Waals surface area contributed by atoms with E-state index >= 15 is 4.39 Å². The zero-order chi connectivity index (χ0) is 25.6. The van der Waals surface area contributed by atoms with Gasteiger partial charge >= 0.3 is 6.09 Å². The number of rotatable bonds is 6. The summed E-state index contributed by atoms with van der Waals surface area (Å²) in [7, 11) is 1.89. The van der Waals surface area contributed by atoms with E-state index in [1.807, 2.05) is 56.2 Å². The molecule has 3 atom stereocenters. The molecule has 5 rings (SSSR count). The van der Waals surface area contributed by atoms with Crippen LogP contribution in [-0.2, 0) is 11.8 Å². The van der Waals surface area contributed by atoms with E-state index in [0.29, 0.717) is 30.3 Å². The van der Waals surface area contributed by atoms with Gasteiger partial charge in [0.15, 0.2) is 11.5 Å². The second-order valence-electron chi connectivity index (χ2n) is 9.52. The van der Waals surface area contributed by atoms with Crippen molar-refractivity contribution in [2.24, 2.45) is 7.05 Å². The quantitative estimate of drug-likeness (QED) is 0.370. The summed E-state index contributed by atoms with van der Waals surface area (Å²) >= 11 is 0. The fourth-order valence-electron chi connectivity index (χ4n) is 4.85. The molecule has 1 aliphatic rings. The van der Waals surface area contributed by atoms with E-state index in [4.69, 9.17) is 9.72 Å². The highest BCUT2D eigenvalue weighted by Crippen LogP contribution is 2.39. The third-order valence-corrected chi connectivity index (χ3v) is 6.49. The van der Waals surface area contributed by atoms with Crippen LogP contribution >= 0.6 is 0 Å². The van der Waals surface area contributed by atoms with E-state index < -0.39 is 24.3 Å². The summed E-state index contributed by atoms with van der Waals surface area (Å²) < 4.78 is 24.1. The average Bonchev–Trinajstić information content (AvgIpc) is 3.59. The van der Waals surface area contributed by atoms with E-state index in [1.165, 1.54) is 0 Å². The number of aromatic amines is 1. The zero-order valence-corrected chi connectivity index (χ0v) is 20.9. The van der Waals surface area contributed by atoms with Crippen LogP contribution in [0.1, 0.15) is 49.6 Å². The van der Waals surface area contributed by atoms with E-state index in [-0.39, 0.29) is 6.04 Å². The standard InChI is InChI=1S/C24H30FN9O2/c1-12(2)28-24(35)36-17-7-6-15(20(17)25)16-10-18(32-31-16)30-23-29-14(4)19(22-26-8-9-34(22)23)21-13(3)11-27-33(21)5/h8-12,15,17,20H,6-7H2,1-5H3,(H,28,35)(H2,29,30,31,32)/t15-,17-,20-/m1/s1. The Morgan fingerprint density at radius 1 is 1.31 bits per heavy atom. The molecule has 0 unspecified atom stereocenters. The first-order valence-electron chi connectivity index (χ1n) is 12.0. The predicted molar refractivity (Wildman–Crippen MR) is 132 cm³/mol. The molecular formula is C24H30FN9O2. The van der Waals surface area contributed by atoms with Crippen LogP contribution in [0, 0.1) is 13.8 Å². The predicted octanol–water partition coefficient (Wildman–Crippen LogP) is 3.93. The van der Waals surface area contributed by atoms with Crippen LogP contribution in [0.4, 0.5) is 21.0 Å². The lowest BCUT2D eigenvalue weighted by atomic mass is 10.0. The summed E-state index contributed by atoms with van der Waals surface area (Å²) in [6.45, 7) is 7.59. The Morgan fingerprint density at radius 3 is 2.83 bits per heavy atom. The number of hydrogen-bond donors (Lipinski definition) is 3. The van der Waals surface area contributed by atoms with Crippen molar-refractivity contribution in [2.45, 2.75) is 64.8 Å². The van der Waals surface area contributed by atoms with Crippen molar-refractivity contribution in [1.29, 1.82) is 0 Å². The maximum absolute atomic E-state index is 15.1. The number of nitrogens with zero attached hydrogens (tertiary/aromatic N) is 6. The minimum atomic E-state index is -1.32. The van der Waals surface area contributed by atoms with Crippen molar-refractivity contribution in [3.05, 3.63) is 41.6 Å². The number of ether oxygens (including phenoxy) is 1. The number of aromatic nitrogens is 7. The summed E-state index contributed by atoms with van der Waals surface area (Å²) in [4.78, 5) is 21.2. The van der Waals surface area contributed by atoms with Crippen LogP contribution in [0.3, 0.4) is 0 Å². The molecule has 1 fully saturated rings. The molecule has 190 valence electrons. The molecule has 36 heavy (non-hydrogen) atoms. The van der Waals surface area contributed by atoms with Gasteiger partial charge in [-0.15, -0.1) is 0 Å². The van der Waals surface area contributed by atoms with Crippen LogP contribution in [0.5, 0.6) is 0 Å². The lowest BCUT2D eigenvalue weighted by Gasteiger charge is -2.18. The molecule has 0 aromatic carbocycles. The molecule has 1 amide bonds. The number of imidazole rings is 1. The van der Waals surface area contributed by atoms with E-state index in [1.54, 1.807) is 12.3 Å². The van der Waals surface area contributed by atoms with Crippen molar-refractivity contribution in [2.75, 3.05) is 5.32 Å². The van der Waals surface area contributed by atoms with Gasteiger partial charge in [-0.05, 0) is 46.1 Å². The SMILES string of the molecule is Cc1cnn(C)c1-c1c(C)nc(Nc2cc([C@H]3CC[C@@H](OC(=O)NC(C)C)[C@@H]3F)[nH]n2)n2ccnc12. The third-order valence-electron chi connectivity index (χ3n) is 6.49. The van der Waals surface area contributed by atoms with Gasteiger partial charge in [-0.1, -0.05) is 0 Å². The Kier molecular flexibility index (Phi) is 6.10. The molecule has 11 nitrogen and oxygen atoms in total. The maximum atomic E-state index is 15.1. The molecule has 0 bridgehead atoms. The Labute approximate surface area is 207 Å². The third kappa shape index (κ3) is 4.27. The molecule has 1 saturated carbocycles. The van der Waals surface area contributed by atoms with Crippen LogP contribution in [-0.4, -0.2) is 58.8 Å². The van der Waals surface area contributed by atoms with Crippen molar-refractivity contribution in [3.63, 3.8) is 0 Å². The number of carbonyl (C=O) groups is 1. The normalized spacial score (nSPS) is 19.8. The van der Waals surface area contributed by atoms with Gasteiger partial charge in [-0.3, -0.25) is 14.2 Å². The maximum Gasteiger partial charge on any atom is 0.407 e. The second kappa shape index (κ2) is 9.25. The number of fused-ring (bicyclic) bond motifs is 1. The highest BCUT2D eigenvalue weighted by atomic mass is 19.1. The van der Waals surface area contributed by atoms with Crippen LogP contribution in [0.25, 0.3) is 16.9 Å². The first kappa shape index (κ1) is 23.8. The van der Waals surface area contributed by atoms with E-state index in [2.05, 4.69) is 30.9 Å². The number of anilines is 2. The topological polar surface area (TPSA) is 127 Å². The molecule has 0 saturated heterocycles. The number of alkyl halides is 1. The Hall–Kier alpha value is -3.96. The summed E-state index contributed by atoms with van der Waals surface area (Å²) in [5.74, 6) is 0.602. The molecule has 4 heterocycles. The minimum absolute atomic E-state index is 0.0737. The van der Waals surface area contributed by atoms with Gasteiger partial charge in [0.2, 0.25) is 5.95 Å². The number of carbonyl (C=O) groups excluding carboxylic acids is 1. The van der Waals surface area contributed by atoms with Crippen LogP contribution in [0.15, 0.2) is 24.7 Å². The molecule has 1 aliphatic carbocycles. The van der Waals surface area contributed by atoms with Gasteiger partial charge in [0.25, 0.3) is 0 Å². The first-order valence-corrected chi connectivity index (χ1v) is 12.0. The average molecular weight is 496 g/mol. The smallest absolute Gasteiger partial charge is 0.407 e. The van der Waals surface area contributed by atoms with Crippen molar-refractivity contribution in [3.8, 4) is 11.3 Å². The van der Waals surface area contributed by atoms with Gasteiger partial charge < -0.3 is 15.4 Å². The number of amides is 1. The highest BCUT2D eigenvalue weighted by molar-refractivity contribution is 5.80. The van der Waals surface area contributed by atoms with Crippen molar-refractivity contribution < 1.29 is 13.9 Å². The summed E-state index contributed by atoms with van der Waals surface area (Å²) in [6, 6.07) is 1.70. The van der Waals surface area contributed by atoms with Gasteiger partial charge in [0.1, 0.15) is 12.3 Å². The lowest BCUT2D eigenvalue weighted by molar-refractivity contribution is 0.0555. The minimum Gasteiger partial charge on any atom is -0.443 e. The first-order chi connectivity index (χ1) is 17.2. The van der Waals surface area contributed by atoms with Crippen molar-refractivity contribution in [1.82, 2.24) is 39.7 Å². The van der Waals surface area contributed by atoms with Gasteiger partial charge in [-0.25, -0.2) is 19.2 Å². The number of H-pyrrole nitrogens is 1. The zero-order valence-electron chi connectivity index (χ0n) is 20.9. The molecular weight excluding hydrogens is 465 g/mol. The molecule has 3 N–H and O–H groups in total. The molecule has 0 radical (unpaired) electrons. The Morgan fingerprint density at radius 2 is 2.11 bits per heavy atom. The second-order valence-corrected chi connectivity index (χ2v) is 9.52. The number of aryl methyl sites for hydroxylation is 3. The number of halogens is 1. The molecule has 12 heteroatoms. The largest absolute Gasteiger partial charge is 0.443 e. The fourth-order valence-corrected chi connectivity index (χ4v) is 4.85.